The first kappa shape index (κ1) is 22.2. The maximum atomic E-state index is 13.5. The van der Waals surface area contributed by atoms with E-state index >= 15 is 0 Å². The summed E-state index contributed by atoms with van der Waals surface area (Å²) in [5.74, 6) is 0.744. The van der Waals surface area contributed by atoms with E-state index in [1.165, 1.54) is 44.4 Å². The highest BCUT2D eigenvalue weighted by atomic mass is 35.5. The molecule has 0 saturated carbocycles. The SMILES string of the molecule is CN1CCC(NC2CCN(c3ncc4ncnc(Nc5ccc(F)c(Cl)c5)c4n3)CC2)CC1. The lowest BCUT2D eigenvalue weighted by Crippen LogP contribution is -2.49. The van der Waals surface area contributed by atoms with Gasteiger partial charge in [-0.05, 0) is 64.0 Å². The second-order valence-electron chi connectivity index (χ2n) is 8.89. The largest absolute Gasteiger partial charge is 0.341 e. The summed E-state index contributed by atoms with van der Waals surface area (Å²) in [5.41, 5.74) is 1.89. The van der Waals surface area contributed by atoms with E-state index in [9.17, 15) is 4.39 Å². The number of hydrogen-bond acceptors (Lipinski definition) is 8. The number of anilines is 3. The van der Waals surface area contributed by atoms with Crippen molar-refractivity contribution in [2.24, 2.45) is 0 Å². The van der Waals surface area contributed by atoms with Crippen molar-refractivity contribution in [1.29, 1.82) is 0 Å². The van der Waals surface area contributed by atoms with Gasteiger partial charge in [-0.15, -0.1) is 0 Å². The highest BCUT2D eigenvalue weighted by Crippen LogP contribution is 2.26. The molecule has 0 aliphatic carbocycles. The molecule has 8 nitrogen and oxygen atoms in total. The minimum Gasteiger partial charge on any atom is -0.341 e. The zero-order valence-corrected chi connectivity index (χ0v) is 19.4. The van der Waals surface area contributed by atoms with Crippen LogP contribution in [0.3, 0.4) is 0 Å². The topological polar surface area (TPSA) is 82.1 Å². The molecule has 0 atom stereocenters. The third kappa shape index (κ3) is 5.15. The van der Waals surface area contributed by atoms with E-state index < -0.39 is 5.82 Å². The second-order valence-corrected chi connectivity index (χ2v) is 9.29. The van der Waals surface area contributed by atoms with E-state index in [4.69, 9.17) is 16.6 Å². The van der Waals surface area contributed by atoms with Gasteiger partial charge in [-0.3, -0.25) is 0 Å². The molecule has 0 radical (unpaired) electrons. The van der Waals surface area contributed by atoms with Gasteiger partial charge in [0.05, 0.1) is 11.2 Å². The van der Waals surface area contributed by atoms with Crippen LogP contribution < -0.4 is 15.5 Å². The smallest absolute Gasteiger partial charge is 0.226 e. The first-order valence-corrected chi connectivity index (χ1v) is 11.8. The molecule has 5 rings (SSSR count). The molecule has 2 fully saturated rings. The van der Waals surface area contributed by atoms with E-state index in [0.717, 1.165) is 25.9 Å². The lowest BCUT2D eigenvalue weighted by Gasteiger charge is -2.37. The molecule has 0 amide bonds. The van der Waals surface area contributed by atoms with Crippen LogP contribution >= 0.6 is 11.6 Å². The van der Waals surface area contributed by atoms with Crippen molar-refractivity contribution in [3.05, 3.63) is 41.6 Å². The lowest BCUT2D eigenvalue weighted by atomic mass is 10.00. The third-order valence-corrected chi connectivity index (χ3v) is 6.80. The van der Waals surface area contributed by atoms with Gasteiger partial charge in [0.2, 0.25) is 5.95 Å². The fraction of sp³-hybridized carbons (Fsp3) is 0.478. The average Bonchev–Trinajstić information content (AvgIpc) is 2.83. The van der Waals surface area contributed by atoms with Crippen LogP contribution in [0.1, 0.15) is 25.7 Å². The average molecular weight is 471 g/mol. The molecule has 4 heterocycles. The third-order valence-electron chi connectivity index (χ3n) is 6.51. The van der Waals surface area contributed by atoms with Crippen molar-refractivity contribution in [1.82, 2.24) is 30.2 Å². The van der Waals surface area contributed by atoms with E-state index in [0.29, 0.717) is 40.6 Å². The number of aromatic nitrogens is 4. The molecular formula is C23H28ClFN8. The van der Waals surface area contributed by atoms with Crippen LogP contribution in [0.15, 0.2) is 30.7 Å². The van der Waals surface area contributed by atoms with Gasteiger partial charge < -0.3 is 20.4 Å². The van der Waals surface area contributed by atoms with Crippen LogP contribution in [0.25, 0.3) is 11.0 Å². The first-order chi connectivity index (χ1) is 16.0. The molecular weight excluding hydrogens is 443 g/mol. The molecule has 10 heteroatoms. The number of rotatable bonds is 5. The van der Waals surface area contributed by atoms with Gasteiger partial charge in [0.1, 0.15) is 23.2 Å². The highest BCUT2D eigenvalue weighted by Gasteiger charge is 2.25. The summed E-state index contributed by atoms with van der Waals surface area (Å²) in [7, 11) is 2.19. The van der Waals surface area contributed by atoms with E-state index in [2.05, 4.69) is 42.4 Å². The number of fused-ring (bicyclic) bond motifs is 1. The molecule has 0 bridgehead atoms. The van der Waals surface area contributed by atoms with Gasteiger partial charge in [-0.2, -0.15) is 0 Å². The van der Waals surface area contributed by atoms with Gasteiger partial charge in [-0.1, -0.05) is 11.6 Å². The Labute approximate surface area is 197 Å². The Morgan fingerprint density at radius 1 is 1.00 bits per heavy atom. The minimum atomic E-state index is -0.465. The highest BCUT2D eigenvalue weighted by molar-refractivity contribution is 6.31. The zero-order valence-electron chi connectivity index (χ0n) is 18.6. The summed E-state index contributed by atoms with van der Waals surface area (Å²) in [4.78, 5) is 22.6. The van der Waals surface area contributed by atoms with Crippen molar-refractivity contribution < 1.29 is 4.39 Å². The van der Waals surface area contributed by atoms with Crippen LogP contribution in [-0.4, -0.2) is 70.1 Å². The summed E-state index contributed by atoms with van der Waals surface area (Å²) < 4.78 is 13.5. The summed E-state index contributed by atoms with van der Waals surface area (Å²) >= 11 is 5.92. The molecule has 3 aromatic rings. The number of likely N-dealkylation sites (tertiary alicyclic amines) is 1. The normalized spacial score (nSPS) is 18.7. The Hall–Kier alpha value is -2.62. The predicted octanol–water partition coefficient (Wildman–Crippen LogP) is 3.61. The Morgan fingerprint density at radius 3 is 2.45 bits per heavy atom. The molecule has 2 aliphatic heterocycles. The Morgan fingerprint density at radius 2 is 1.73 bits per heavy atom. The van der Waals surface area contributed by atoms with Crippen LogP contribution in [0.5, 0.6) is 0 Å². The molecule has 0 spiro atoms. The van der Waals surface area contributed by atoms with Crippen molar-refractivity contribution in [3.8, 4) is 0 Å². The molecule has 2 aromatic heterocycles. The minimum absolute atomic E-state index is 0.0467. The number of nitrogens with one attached hydrogen (secondary N) is 2. The summed E-state index contributed by atoms with van der Waals surface area (Å²) in [6, 6.07) is 5.62. The number of hydrogen-bond donors (Lipinski definition) is 2. The number of halogens is 2. The van der Waals surface area contributed by atoms with Crippen molar-refractivity contribution in [2.75, 3.05) is 43.4 Å². The summed E-state index contributed by atoms with van der Waals surface area (Å²) in [6.07, 6.45) is 7.76. The molecule has 2 N–H and O–H groups in total. The van der Waals surface area contributed by atoms with Crippen LogP contribution in [0, 0.1) is 5.82 Å². The molecule has 174 valence electrons. The van der Waals surface area contributed by atoms with E-state index in [-0.39, 0.29) is 5.02 Å². The zero-order chi connectivity index (χ0) is 22.8. The molecule has 2 saturated heterocycles. The standard InChI is InChI=1S/C23H28ClFN8/c1-32-8-4-15(5-9-32)29-16-6-10-33(11-7-16)23-26-13-20-21(31-23)22(28-14-27-20)30-17-2-3-19(25)18(24)12-17/h2-3,12-16,29H,4-11H2,1H3,(H,27,28,30). The van der Waals surface area contributed by atoms with Gasteiger partial charge in [-0.25, -0.2) is 24.3 Å². The van der Waals surface area contributed by atoms with Crippen molar-refractivity contribution >= 4 is 40.1 Å². The van der Waals surface area contributed by atoms with Crippen LogP contribution in [0.2, 0.25) is 5.02 Å². The second kappa shape index (κ2) is 9.70. The van der Waals surface area contributed by atoms with E-state index in [1.54, 1.807) is 12.3 Å². The monoisotopic (exact) mass is 470 g/mol. The lowest BCUT2D eigenvalue weighted by molar-refractivity contribution is 0.217. The van der Waals surface area contributed by atoms with Crippen LogP contribution in [0.4, 0.5) is 21.8 Å². The summed E-state index contributed by atoms with van der Waals surface area (Å²) in [6.45, 7) is 4.15. The Kier molecular flexibility index (Phi) is 6.52. The van der Waals surface area contributed by atoms with Crippen molar-refractivity contribution in [3.63, 3.8) is 0 Å². The maximum absolute atomic E-state index is 13.5. The fourth-order valence-corrected chi connectivity index (χ4v) is 4.73. The Balaban J connectivity index is 1.27. The molecule has 33 heavy (non-hydrogen) atoms. The molecule has 1 aromatic carbocycles. The first-order valence-electron chi connectivity index (χ1n) is 11.4. The number of benzene rings is 1. The fourth-order valence-electron chi connectivity index (χ4n) is 4.55. The van der Waals surface area contributed by atoms with Crippen molar-refractivity contribution in [2.45, 2.75) is 37.8 Å². The van der Waals surface area contributed by atoms with Crippen LogP contribution in [-0.2, 0) is 0 Å². The molecule has 2 aliphatic rings. The number of piperidine rings is 2. The summed E-state index contributed by atoms with van der Waals surface area (Å²) in [5, 5.41) is 7.09. The maximum Gasteiger partial charge on any atom is 0.226 e. The molecule has 0 unspecified atom stereocenters. The van der Waals surface area contributed by atoms with Gasteiger partial charge >= 0.3 is 0 Å². The Bertz CT molecular complexity index is 1110. The van der Waals surface area contributed by atoms with E-state index in [1.807, 2.05) is 0 Å². The quantitative estimate of drug-likeness (QED) is 0.585. The van der Waals surface area contributed by atoms with Gasteiger partial charge in [0, 0.05) is 30.9 Å². The number of nitrogens with zero attached hydrogens (tertiary/aromatic N) is 6. The predicted molar refractivity (Wildman–Crippen MR) is 129 cm³/mol. The van der Waals surface area contributed by atoms with Gasteiger partial charge in [0.25, 0.3) is 0 Å². The van der Waals surface area contributed by atoms with Gasteiger partial charge in [0.15, 0.2) is 5.82 Å².